The molecule has 2 aromatic heterocycles. The molecule has 0 bridgehead atoms. The van der Waals surface area contributed by atoms with Crippen LogP contribution in [0.3, 0.4) is 0 Å². The molecule has 0 aliphatic carbocycles. The summed E-state index contributed by atoms with van der Waals surface area (Å²) in [4.78, 5) is 13.9. The van der Waals surface area contributed by atoms with Crippen molar-refractivity contribution in [3.8, 4) is 10.4 Å². The fourth-order valence-electron chi connectivity index (χ4n) is 3.02. The second kappa shape index (κ2) is 6.80. The van der Waals surface area contributed by atoms with E-state index in [9.17, 15) is 9.18 Å². The van der Waals surface area contributed by atoms with Gasteiger partial charge in [0.15, 0.2) is 0 Å². The molecule has 130 valence electrons. The van der Waals surface area contributed by atoms with Gasteiger partial charge >= 0.3 is 0 Å². The lowest BCUT2D eigenvalue weighted by Crippen LogP contribution is -2.26. The number of thiophene rings is 1. The van der Waals surface area contributed by atoms with Gasteiger partial charge in [-0.1, -0.05) is 18.2 Å². The molecule has 3 aromatic rings. The minimum absolute atomic E-state index is 0.153. The average Bonchev–Trinajstić information content (AvgIpc) is 3.13. The van der Waals surface area contributed by atoms with Gasteiger partial charge in [0.25, 0.3) is 5.91 Å². The molecule has 0 aliphatic heterocycles. The first-order valence-corrected chi connectivity index (χ1v) is 8.86. The zero-order valence-electron chi connectivity index (χ0n) is 14.6. The van der Waals surface area contributed by atoms with Gasteiger partial charge in [0.05, 0.1) is 16.6 Å². The molecule has 0 spiro atoms. The first-order valence-electron chi connectivity index (χ1n) is 8.04. The summed E-state index contributed by atoms with van der Waals surface area (Å²) in [5.41, 5.74) is 3.48. The number of nitrogens with one attached hydrogen (secondary N) is 1. The summed E-state index contributed by atoms with van der Waals surface area (Å²) in [6, 6.07) is 9.94. The van der Waals surface area contributed by atoms with Crippen molar-refractivity contribution in [1.82, 2.24) is 15.1 Å². The summed E-state index contributed by atoms with van der Waals surface area (Å²) in [5.74, 6) is -0.450. The standard InChI is InChI=1S/C19H20FN3OS/c1-11(18-12(2)22-23(4)13(18)3)21-19(24)17-10-9-16(25-17)14-7-5-6-8-15(14)20/h5-11H,1-4H3,(H,21,24). The second-order valence-electron chi connectivity index (χ2n) is 6.05. The molecule has 2 heterocycles. The third-order valence-electron chi connectivity index (χ3n) is 4.31. The van der Waals surface area contributed by atoms with Crippen molar-refractivity contribution in [3.63, 3.8) is 0 Å². The van der Waals surface area contributed by atoms with Crippen molar-refractivity contribution in [2.45, 2.75) is 26.8 Å². The van der Waals surface area contributed by atoms with E-state index in [1.807, 2.05) is 32.5 Å². The van der Waals surface area contributed by atoms with Crippen molar-refractivity contribution >= 4 is 17.2 Å². The summed E-state index contributed by atoms with van der Waals surface area (Å²) < 4.78 is 15.7. The van der Waals surface area contributed by atoms with E-state index < -0.39 is 0 Å². The molecular weight excluding hydrogens is 337 g/mol. The van der Waals surface area contributed by atoms with Crippen molar-refractivity contribution in [3.05, 3.63) is 64.0 Å². The lowest BCUT2D eigenvalue weighted by molar-refractivity contribution is 0.0944. The molecule has 4 nitrogen and oxygen atoms in total. The van der Waals surface area contributed by atoms with Crippen LogP contribution in [0.5, 0.6) is 0 Å². The van der Waals surface area contributed by atoms with Crippen LogP contribution in [0.2, 0.25) is 0 Å². The Bertz CT molecular complexity index is 929. The van der Waals surface area contributed by atoms with Crippen LogP contribution in [0.4, 0.5) is 4.39 Å². The van der Waals surface area contributed by atoms with Crippen molar-refractivity contribution in [2.75, 3.05) is 0 Å². The highest BCUT2D eigenvalue weighted by Crippen LogP contribution is 2.30. The normalized spacial score (nSPS) is 12.2. The predicted octanol–water partition coefficient (Wildman–Crippen LogP) is 4.40. The van der Waals surface area contributed by atoms with Crippen LogP contribution in [0.25, 0.3) is 10.4 Å². The third kappa shape index (κ3) is 3.35. The molecule has 0 saturated heterocycles. The van der Waals surface area contributed by atoms with Gasteiger partial charge in [0.2, 0.25) is 0 Å². The third-order valence-corrected chi connectivity index (χ3v) is 5.43. The van der Waals surface area contributed by atoms with Crippen LogP contribution >= 0.6 is 11.3 Å². The van der Waals surface area contributed by atoms with E-state index in [-0.39, 0.29) is 17.8 Å². The zero-order chi connectivity index (χ0) is 18.1. The molecular formula is C19H20FN3OS. The van der Waals surface area contributed by atoms with Gasteiger partial charge in [-0.25, -0.2) is 4.39 Å². The zero-order valence-corrected chi connectivity index (χ0v) is 15.4. The minimum atomic E-state index is -0.286. The maximum atomic E-state index is 13.9. The van der Waals surface area contributed by atoms with Gasteiger partial charge in [0.1, 0.15) is 5.82 Å². The summed E-state index contributed by atoms with van der Waals surface area (Å²) in [6.07, 6.45) is 0. The molecule has 3 rings (SSSR count). The fourth-order valence-corrected chi connectivity index (χ4v) is 3.96. The van der Waals surface area contributed by atoms with Crippen molar-refractivity contribution in [2.24, 2.45) is 7.05 Å². The number of rotatable bonds is 4. The predicted molar refractivity (Wildman–Crippen MR) is 98.3 cm³/mol. The largest absolute Gasteiger partial charge is 0.345 e. The van der Waals surface area contributed by atoms with Crippen LogP contribution in [-0.2, 0) is 7.05 Å². The number of carbonyl (C=O) groups is 1. The van der Waals surface area contributed by atoms with Gasteiger partial charge < -0.3 is 5.32 Å². The van der Waals surface area contributed by atoms with Gasteiger partial charge in [-0.3, -0.25) is 9.48 Å². The quantitative estimate of drug-likeness (QED) is 0.752. The topological polar surface area (TPSA) is 46.9 Å². The van der Waals surface area contributed by atoms with E-state index in [1.54, 1.807) is 30.3 Å². The van der Waals surface area contributed by atoms with Crippen molar-refractivity contribution in [1.29, 1.82) is 0 Å². The molecule has 0 radical (unpaired) electrons. The summed E-state index contributed by atoms with van der Waals surface area (Å²) in [7, 11) is 1.89. The number of nitrogens with zero attached hydrogens (tertiary/aromatic N) is 2. The number of aromatic nitrogens is 2. The van der Waals surface area contributed by atoms with Gasteiger partial charge in [-0.2, -0.15) is 5.10 Å². The van der Waals surface area contributed by atoms with Crippen LogP contribution in [0.1, 0.15) is 39.6 Å². The van der Waals surface area contributed by atoms with E-state index in [1.165, 1.54) is 17.4 Å². The Morgan fingerprint density at radius 3 is 2.60 bits per heavy atom. The molecule has 6 heteroatoms. The maximum absolute atomic E-state index is 13.9. The van der Waals surface area contributed by atoms with Crippen LogP contribution in [-0.4, -0.2) is 15.7 Å². The molecule has 1 N–H and O–H groups in total. The Morgan fingerprint density at radius 2 is 1.96 bits per heavy atom. The summed E-state index contributed by atoms with van der Waals surface area (Å²) in [5, 5.41) is 7.40. The molecule has 1 atom stereocenters. The number of amides is 1. The summed E-state index contributed by atoms with van der Waals surface area (Å²) in [6.45, 7) is 5.87. The number of aryl methyl sites for hydroxylation is 2. The molecule has 0 saturated carbocycles. The maximum Gasteiger partial charge on any atom is 0.261 e. The summed E-state index contributed by atoms with van der Waals surface area (Å²) >= 11 is 1.29. The van der Waals surface area contributed by atoms with Gasteiger partial charge in [-0.15, -0.1) is 11.3 Å². The minimum Gasteiger partial charge on any atom is -0.345 e. The fraction of sp³-hybridized carbons (Fsp3) is 0.263. The van der Waals surface area contributed by atoms with Crippen LogP contribution in [0, 0.1) is 19.7 Å². The average molecular weight is 357 g/mol. The SMILES string of the molecule is Cc1nn(C)c(C)c1C(C)NC(=O)c1ccc(-c2ccccc2F)s1. The highest BCUT2D eigenvalue weighted by molar-refractivity contribution is 7.17. The molecule has 25 heavy (non-hydrogen) atoms. The van der Waals surface area contributed by atoms with Crippen molar-refractivity contribution < 1.29 is 9.18 Å². The lowest BCUT2D eigenvalue weighted by Gasteiger charge is -2.14. The van der Waals surface area contributed by atoms with Crippen LogP contribution < -0.4 is 5.32 Å². The second-order valence-corrected chi connectivity index (χ2v) is 7.13. The Hall–Kier alpha value is -2.47. The van der Waals surface area contributed by atoms with E-state index in [0.717, 1.165) is 21.8 Å². The first-order chi connectivity index (χ1) is 11.9. The number of hydrogen-bond donors (Lipinski definition) is 1. The number of carbonyl (C=O) groups excluding carboxylic acids is 1. The smallest absolute Gasteiger partial charge is 0.261 e. The van der Waals surface area contributed by atoms with E-state index in [2.05, 4.69) is 10.4 Å². The van der Waals surface area contributed by atoms with Gasteiger partial charge in [0, 0.05) is 28.7 Å². The van der Waals surface area contributed by atoms with E-state index >= 15 is 0 Å². The monoisotopic (exact) mass is 357 g/mol. The highest BCUT2D eigenvalue weighted by atomic mass is 32.1. The lowest BCUT2D eigenvalue weighted by atomic mass is 10.1. The molecule has 0 aliphatic rings. The first kappa shape index (κ1) is 17.4. The van der Waals surface area contributed by atoms with Gasteiger partial charge in [-0.05, 0) is 39.0 Å². The molecule has 1 aromatic carbocycles. The molecule has 0 fully saturated rings. The van der Waals surface area contributed by atoms with E-state index in [4.69, 9.17) is 0 Å². The Kier molecular flexibility index (Phi) is 4.72. The Labute approximate surface area is 150 Å². The number of hydrogen-bond acceptors (Lipinski definition) is 3. The number of halogens is 1. The highest BCUT2D eigenvalue weighted by Gasteiger charge is 2.20. The van der Waals surface area contributed by atoms with E-state index in [0.29, 0.717) is 10.4 Å². The number of benzene rings is 1. The molecule has 1 unspecified atom stereocenters. The molecule has 1 amide bonds. The van der Waals surface area contributed by atoms with Crippen LogP contribution in [0.15, 0.2) is 36.4 Å². The Balaban J connectivity index is 1.79. The Morgan fingerprint density at radius 1 is 1.24 bits per heavy atom.